The van der Waals surface area contributed by atoms with Crippen LogP contribution in [0.15, 0.2) is 23.7 Å². The molecule has 2 heterocycles. The molecule has 6 nitrogen and oxygen atoms in total. The molecule has 1 unspecified atom stereocenters. The first kappa shape index (κ1) is 7.32. The maximum absolute atomic E-state index is 10.5. The molecule has 2 rings (SSSR count). The number of aromatic nitrogens is 4. The maximum Gasteiger partial charge on any atom is 0.267 e. The van der Waals surface area contributed by atoms with Crippen molar-refractivity contribution in [1.82, 2.24) is 19.6 Å². The van der Waals surface area contributed by atoms with Gasteiger partial charge in [-0.2, -0.15) is 4.98 Å². The minimum absolute atomic E-state index is 0.108. The van der Waals surface area contributed by atoms with Crippen molar-refractivity contribution in [3.8, 4) is 0 Å². The highest BCUT2D eigenvalue weighted by atomic mass is 32.2. The fourth-order valence-electron chi connectivity index (χ4n) is 0.799. The summed E-state index contributed by atoms with van der Waals surface area (Å²) in [6, 6.07) is 1.60. The zero-order valence-corrected chi connectivity index (χ0v) is 6.60. The van der Waals surface area contributed by atoms with Crippen molar-refractivity contribution in [3.63, 3.8) is 0 Å². The summed E-state index contributed by atoms with van der Waals surface area (Å²) in [7, 11) is 0. The Labute approximate surface area is 69.6 Å². The molecule has 0 aliphatic rings. The standard InChI is InChI=1S/C5H4N4O2S/c10-12(11)5-7-4-1-2-6-3-9(4)8-5/h1-3H,(H,10,11). The van der Waals surface area contributed by atoms with Gasteiger partial charge in [0.25, 0.3) is 5.16 Å². The van der Waals surface area contributed by atoms with Crippen LogP contribution in [0.25, 0.3) is 5.65 Å². The molecule has 12 heavy (non-hydrogen) atoms. The lowest BCUT2D eigenvalue weighted by atomic mass is 10.6. The van der Waals surface area contributed by atoms with Crippen molar-refractivity contribution in [1.29, 1.82) is 0 Å². The highest BCUT2D eigenvalue weighted by Crippen LogP contribution is 2.00. The van der Waals surface area contributed by atoms with Crippen molar-refractivity contribution in [2.45, 2.75) is 5.16 Å². The van der Waals surface area contributed by atoms with E-state index in [4.69, 9.17) is 4.55 Å². The summed E-state index contributed by atoms with van der Waals surface area (Å²) in [6.45, 7) is 0. The average Bonchev–Trinajstić information content (AvgIpc) is 2.46. The molecule has 1 atom stereocenters. The summed E-state index contributed by atoms with van der Waals surface area (Å²) in [5, 5.41) is 3.60. The van der Waals surface area contributed by atoms with Crippen LogP contribution >= 0.6 is 0 Å². The summed E-state index contributed by atoms with van der Waals surface area (Å²) < 4.78 is 20.5. The Balaban J connectivity index is 2.70. The minimum atomic E-state index is -2.13. The lowest BCUT2D eigenvalue weighted by Crippen LogP contribution is -1.92. The molecule has 0 spiro atoms. The summed E-state index contributed by atoms with van der Waals surface area (Å²) in [5.41, 5.74) is 0.502. The second kappa shape index (κ2) is 2.61. The van der Waals surface area contributed by atoms with Crippen LogP contribution < -0.4 is 0 Å². The van der Waals surface area contributed by atoms with Crippen LogP contribution in [0.2, 0.25) is 0 Å². The van der Waals surface area contributed by atoms with E-state index in [1.807, 2.05) is 0 Å². The summed E-state index contributed by atoms with van der Waals surface area (Å²) >= 11 is -2.13. The lowest BCUT2D eigenvalue weighted by Gasteiger charge is -1.83. The minimum Gasteiger partial charge on any atom is -0.300 e. The molecular weight excluding hydrogens is 180 g/mol. The molecule has 0 bridgehead atoms. The number of hydrogen-bond donors (Lipinski definition) is 1. The van der Waals surface area contributed by atoms with Gasteiger partial charge < -0.3 is 0 Å². The first-order chi connectivity index (χ1) is 5.77. The van der Waals surface area contributed by atoms with Gasteiger partial charge in [0.15, 0.2) is 5.65 Å². The van der Waals surface area contributed by atoms with E-state index in [1.165, 1.54) is 17.0 Å². The molecule has 7 heteroatoms. The van der Waals surface area contributed by atoms with Gasteiger partial charge in [0.05, 0.1) is 0 Å². The topological polar surface area (TPSA) is 80.4 Å². The van der Waals surface area contributed by atoms with E-state index in [0.29, 0.717) is 5.65 Å². The van der Waals surface area contributed by atoms with Crippen molar-refractivity contribution < 1.29 is 8.76 Å². The van der Waals surface area contributed by atoms with Gasteiger partial charge in [0, 0.05) is 12.3 Å². The molecule has 1 N–H and O–H groups in total. The van der Waals surface area contributed by atoms with Crippen molar-refractivity contribution in [2.75, 3.05) is 0 Å². The number of nitrogens with zero attached hydrogens (tertiary/aromatic N) is 4. The Bertz CT molecular complexity index is 407. The van der Waals surface area contributed by atoms with Gasteiger partial charge in [0.2, 0.25) is 11.1 Å². The Morgan fingerprint density at radius 3 is 3.08 bits per heavy atom. The third-order valence-electron chi connectivity index (χ3n) is 1.28. The summed E-state index contributed by atoms with van der Waals surface area (Å²) in [4.78, 5) is 7.54. The molecule has 62 valence electrons. The molecule has 2 aromatic rings. The summed E-state index contributed by atoms with van der Waals surface area (Å²) in [5.74, 6) is 0. The van der Waals surface area contributed by atoms with Gasteiger partial charge in [-0.25, -0.2) is 13.7 Å². The van der Waals surface area contributed by atoms with E-state index in [-0.39, 0.29) is 5.16 Å². The normalized spacial score (nSPS) is 13.4. The quantitative estimate of drug-likeness (QED) is 0.616. The van der Waals surface area contributed by atoms with Gasteiger partial charge >= 0.3 is 0 Å². The largest absolute Gasteiger partial charge is 0.300 e. The van der Waals surface area contributed by atoms with E-state index >= 15 is 0 Å². The number of hydrogen-bond acceptors (Lipinski definition) is 4. The van der Waals surface area contributed by atoms with Gasteiger partial charge in [-0.3, -0.25) is 4.55 Å². The Morgan fingerprint density at radius 2 is 2.42 bits per heavy atom. The van der Waals surface area contributed by atoms with Crippen LogP contribution in [0, 0.1) is 0 Å². The first-order valence-corrected chi connectivity index (χ1v) is 4.15. The van der Waals surface area contributed by atoms with Crippen LogP contribution in [0.3, 0.4) is 0 Å². The average molecular weight is 184 g/mol. The fourth-order valence-corrected chi connectivity index (χ4v) is 1.13. The Morgan fingerprint density at radius 1 is 1.58 bits per heavy atom. The second-order valence-corrected chi connectivity index (χ2v) is 2.89. The molecule has 2 aromatic heterocycles. The van der Waals surface area contributed by atoms with E-state index < -0.39 is 11.1 Å². The third kappa shape index (κ3) is 1.08. The van der Waals surface area contributed by atoms with Crippen LogP contribution in [0.4, 0.5) is 0 Å². The van der Waals surface area contributed by atoms with Crippen LogP contribution in [0.5, 0.6) is 0 Å². The lowest BCUT2D eigenvalue weighted by molar-refractivity contribution is 0.555. The third-order valence-corrected chi connectivity index (χ3v) is 1.77. The Kier molecular flexibility index (Phi) is 1.59. The number of fused-ring (bicyclic) bond motifs is 1. The van der Waals surface area contributed by atoms with Gasteiger partial charge in [-0.05, 0) is 0 Å². The monoisotopic (exact) mass is 184 g/mol. The highest BCUT2D eigenvalue weighted by molar-refractivity contribution is 7.79. The predicted molar refractivity (Wildman–Crippen MR) is 39.8 cm³/mol. The molecule has 0 saturated carbocycles. The summed E-state index contributed by atoms with van der Waals surface area (Å²) in [6.07, 6.45) is 2.95. The predicted octanol–water partition coefficient (Wildman–Crippen LogP) is -0.295. The van der Waals surface area contributed by atoms with Crippen molar-refractivity contribution in [2.24, 2.45) is 0 Å². The molecule has 0 aromatic carbocycles. The smallest absolute Gasteiger partial charge is 0.267 e. The Hall–Kier alpha value is -1.34. The molecule has 0 amide bonds. The molecular formula is C5H4N4O2S. The van der Waals surface area contributed by atoms with Crippen LogP contribution in [-0.2, 0) is 11.1 Å². The van der Waals surface area contributed by atoms with E-state index in [2.05, 4.69) is 15.1 Å². The van der Waals surface area contributed by atoms with Crippen molar-refractivity contribution in [3.05, 3.63) is 18.6 Å². The highest BCUT2D eigenvalue weighted by Gasteiger charge is 2.07. The zero-order valence-electron chi connectivity index (χ0n) is 5.78. The van der Waals surface area contributed by atoms with Gasteiger partial charge in [-0.15, -0.1) is 5.10 Å². The number of rotatable bonds is 1. The molecule has 0 saturated heterocycles. The molecule has 0 radical (unpaired) electrons. The van der Waals surface area contributed by atoms with E-state index in [0.717, 1.165) is 0 Å². The van der Waals surface area contributed by atoms with Crippen LogP contribution in [-0.4, -0.2) is 28.3 Å². The van der Waals surface area contributed by atoms with E-state index in [1.54, 1.807) is 6.07 Å². The molecule has 0 aliphatic carbocycles. The maximum atomic E-state index is 10.5. The molecule has 0 fully saturated rings. The van der Waals surface area contributed by atoms with Crippen molar-refractivity contribution >= 4 is 16.7 Å². The van der Waals surface area contributed by atoms with E-state index in [9.17, 15) is 4.21 Å². The van der Waals surface area contributed by atoms with Gasteiger partial charge in [0.1, 0.15) is 6.33 Å². The van der Waals surface area contributed by atoms with Gasteiger partial charge in [-0.1, -0.05) is 0 Å². The SMILES string of the molecule is O=S(O)c1nc2ccncn2n1. The zero-order chi connectivity index (χ0) is 8.55. The second-order valence-electron chi connectivity index (χ2n) is 2.03. The molecule has 0 aliphatic heterocycles. The fraction of sp³-hybridized carbons (Fsp3) is 0. The first-order valence-electron chi connectivity index (χ1n) is 3.04. The van der Waals surface area contributed by atoms with Crippen LogP contribution in [0.1, 0.15) is 0 Å².